The highest BCUT2D eigenvalue weighted by atomic mass is 35.5. The van der Waals surface area contributed by atoms with Crippen molar-refractivity contribution in [3.8, 4) is 5.69 Å². The second-order valence-electron chi connectivity index (χ2n) is 7.81. The number of carbonyl (C=O) groups excluding carboxylic acids is 1. The molecule has 0 unspecified atom stereocenters. The molecule has 29 heavy (non-hydrogen) atoms. The third-order valence-electron chi connectivity index (χ3n) is 4.38. The van der Waals surface area contributed by atoms with E-state index in [1.807, 2.05) is 30.3 Å². The molecule has 0 fully saturated rings. The number of carbonyl (C=O) groups is 1. The minimum absolute atomic E-state index is 0.0738. The Balaban J connectivity index is 1.90. The number of amides is 2. The summed E-state index contributed by atoms with van der Waals surface area (Å²) in [6.07, 6.45) is 0.557. The second kappa shape index (κ2) is 8.68. The summed E-state index contributed by atoms with van der Waals surface area (Å²) >= 11 is 5.89. The molecule has 1 aromatic heterocycles. The molecule has 1 heterocycles. The summed E-state index contributed by atoms with van der Waals surface area (Å²) in [5.41, 5.74) is 3.12. The molecule has 3 rings (SSSR count). The molecule has 2 aromatic carbocycles. The molecule has 0 bridgehead atoms. The van der Waals surface area contributed by atoms with E-state index in [-0.39, 0.29) is 18.1 Å². The van der Waals surface area contributed by atoms with Gasteiger partial charge in [-0.1, -0.05) is 44.5 Å². The van der Waals surface area contributed by atoms with Crippen LogP contribution >= 0.6 is 11.6 Å². The summed E-state index contributed by atoms with van der Waals surface area (Å²) in [6, 6.07) is 16.1. The quantitative estimate of drug-likeness (QED) is 0.551. The summed E-state index contributed by atoms with van der Waals surface area (Å²) in [6.45, 7) is 6.28. The first-order chi connectivity index (χ1) is 13.8. The maximum atomic E-state index is 12.5. The number of hydrogen-bond donors (Lipinski definition) is 3. The number of anilines is 2. The van der Waals surface area contributed by atoms with Crippen LogP contribution in [0.4, 0.5) is 16.3 Å². The highest BCUT2D eigenvalue weighted by Crippen LogP contribution is 2.27. The summed E-state index contributed by atoms with van der Waals surface area (Å²) in [4.78, 5) is 12.5. The van der Waals surface area contributed by atoms with Crippen molar-refractivity contribution in [3.05, 3.63) is 70.9 Å². The van der Waals surface area contributed by atoms with Crippen LogP contribution in [-0.2, 0) is 11.8 Å². The molecule has 0 aliphatic heterocycles. The molecular formula is C22H25ClN4O2. The van der Waals surface area contributed by atoms with Crippen LogP contribution in [0.3, 0.4) is 0 Å². The van der Waals surface area contributed by atoms with Gasteiger partial charge in [0.25, 0.3) is 0 Å². The van der Waals surface area contributed by atoms with Crippen LogP contribution in [0.5, 0.6) is 0 Å². The SMILES string of the molecule is CC(C)(C)c1cc(NC(=O)Nc2ccc(Cl)cc2)n(-c2cccc(CCO)c2)n1. The van der Waals surface area contributed by atoms with Crippen molar-refractivity contribution >= 4 is 29.1 Å². The summed E-state index contributed by atoms with van der Waals surface area (Å²) in [7, 11) is 0. The number of rotatable bonds is 5. The predicted octanol–water partition coefficient (Wildman–Crippen LogP) is 5.00. The van der Waals surface area contributed by atoms with Crippen LogP contribution in [-0.4, -0.2) is 27.5 Å². The Hall–Kier alpha value is -2.83. The lowest BCUT2D eigenvalue weighted by Gasteiger charge is -2.14. The number of aliphatic hydroxyl groups excluding tert-OH is 1. The summed E-state index contributed by atoms with van der Waals surface area (Å²) in [5.74, 6) is 0.558. The van der Waals surface area contributed by atoms with Gasteiger partial charge in [-0.05, 0) is 48.4 Å². The lowest BCUT2D eigenvalue weighted by molar-refractivity contribution is 0.262. The molecule has 2 amide bonds. The average molecular weight is 413 g/mol. The van der Waals surface area contributed by atoms with Gasteiger partial charge in [0.15, 0.2) is 0 Å². The largest absolute Gasteiger partial charge is 0.396 e. The number of nitrogens with zero attached hydrogens (tertiary/aromatic N) is 2. The lowest BCUT2D eigenvalue weighted by atomic mass is 9.92. The zero-order valence-electron chi connectivity index (χ0n) is 16.7. The molecule has 0 saturated carbocycles. The monoisotopic (exact) mass is 412 g/mol. The van der Waals surface area contributed by atoms with Gasteiger partial charge in [0.1, 0.15) is 5.82 Å². The van der Waals surface area contributed by atoms with Gasteiger partial charge in [-0.15, -0.1) is 0 Å². The Morgan fingerprint density at radius 1 is 1.10 bits per heavy atom. The van der Waals surface area contributed by atoms with Gasteiger partial charge < -0.3 is 10.4 Å². The van der Waals surface area contributed by atoms with Gasteiger partial charge in [-0.3, -0.25) is 5.32 Å². The predicted molar refractivity (Wildman–Crippen MR) is 117 cm³/mol. The van der Waals surface area contributed by atoms with Crippen LogP contribution in [0.25, 0.3) is 5.69 Å². The Labute approximate surface area is 175 Å². The molecule has 7 heteroatoms. The molecule has 0 atom stereocenters. The van der Waals surface area contributed by atoms with E-state index < -0.39 is 0 Å². The fraction of sp³-hybridized carbons (Fsp3) is 0.273. The van der Waals surface area contributed by atoms with Crippen LogP contribution in [0.1, 0.15) is 32.0 Å². The van der Waals surface area contributed by atoms with Gasteiger partial charge in [0, 0.05) is 28.8 Å². The Kier molecular flexibility index (Phi) is 6.25. The number of hydrogen-bond acceptors (Lipinski definition) is 3. The Morgan fingerprint density at radius 3 is 2.48 bits per heavy atom. The van der Waals surface area contributed by atoms with Crippen molar-refractivity contribution in [3.63, 3.8) is 0 Å². The van der Waals surface area contributed by atoms with E-state index in [4.69, 9.17) is 16.7 Å². The summed E-state index contributed by atoms with van der Waals surface area (Å²) < 4.78 is 1.71. The van der Waals surface area contributed by atoms with Crippen molar-refractivity contribution in [2.75, 3.05) is 17.2 Å². The molecule has 3 N–H and O–H groups in total. The first-order valence-electron chi connectivity index (χ1n) is 9.40. The first-order valence-corrected chi connectivity index (χ1v) is 9.78. The third-order valence-corrected chi connectivity index (χ3v) is 4.63. The normalized spacial score (nSPS) is 11.3. The fourth-order valence-electron chi connectivity index (χ4n) is 2.82. The highest BCUT2D eigenvalue weighted by Gasteiger charge is 2.21. The van der Waals surface area contributed by atoms with Crippen molar-refractivity contribution in [2.24, 2.45) is 0 Å². The van der Waals surface area contributed by atoms with Crippen LogP contribution in [0, 0.1) is 0 Å². The van der Waals surface area contributed by atoms with Gasteiger partial charge in [-0.2, -0.15) is 5.10 Å². The Morgan fingerprint density at radius 2 is 1.83 bits per heavy atom. The molecule has 0 aliphatic rings. The van der Waals surface area contributed by atoms with Gasteiger partial charge in [0.05, 0.1) is 11.4 Å². The number of aromatic nitrogens is 2. The number of halogens is 1. The molecule has 0 saturated heterocycles. The van der Waals surface area contributed by atoms with Gasteiger partial charge in [0.2, 0.25) is 0 Å². The molecular weight excluding hydrogens is 388 g/mol. The van der Waals surface area contributed by atoms with E-state index in [1.54, 1.807) is 28.9 Å². The van der Waals surface area contributed by atoms with Crippen molar-refractivity contribution in [1.82, 2.24) is 9.78 Å². The Bertz CT molecular complexity index is 991. The average Bonchev–Trinajstić information content (AvgIpc) is 3.08. The number of urea groups is 1. The second-order valence-corrected chi connectivity index (χ2v) is 8.24. The van der Waals surface area contributed by atoms with Crippen LogP contribution in [0.15, 0.2) is 54.6 Å². The highest BCUT2D eigenvalue weighted by molar-refractivity contribution is 6.30. The van der Waals surface area contributed by atoms with Gasteiger partial charge >= 0.3 is 6.03 Å². The topological polar surface area (TPSA) is 79.2 Å². The van der Waals surface area contributed by atoms with E-state index >= 15 is 0 Å². The zero-order valence-corrected chi connectivity index (χ0v) is 17.5. The number of nitrogens with one attached hydrogen (secondary N) is 2. The van der Waals surface area contributed by atoms with E-state index in [9.17, 15) is 9.90 Å². The van der Waals surface area contributed by atoms with Gasteiger partial charge in [-0.25, -0.2) is 9.48 Å². The minimum Gasteiger partial charge on any atom is -0.396 e. The van der Waals surface area contributed by atoms with Crippen molar-refractivity contribution in [1.29, 1.82) is 0 Å². The van der Waals surface area contributed by atoms with E-state index in [0.717, 1.165) is 16.9 Å². The maximum absolute atomic E-state index is 12.5. The van der Waals surface area contributed by atoms with Crippen molar-refractivity contribution < 1.29 is 9.90 Å². The lowest BCUT2D eigenvalue weighted by Crippen LogP contribution is -2.21. The molecule has 0 aliphatic carbocycles. The van der Waals surface area contributed by atoms with Crippen LogP contribution < -0.4 is 10.6 Å². The number of benzene rings is 2. The van der Waals surface area contributed by atoms with Crippen molar-refractivity contribution in [2.45, 2.75) is 32.6 Å². The van der Waals surface area contributed by atoms with E-state index in [0.29, 0.717) is 22.9 Å². The van der Waals surface area contributed by atoms with E-state index in [1.165, 1.54) is 0 Å². The number of aliphatic hydroxyl groups is 1. The molecule has 0 radical (unpaired) electrons. The third kappa shape index (κ3) is 5.37. The smallest absolute Gasteiger partial charge is 0.324 e. The standard InChI is InChI=1S/C22H25ClN4O2/c1-22(2,3)19-14-20(25-21(29)24-17-9-7-16(23)8-10-17)27(26-19)18-6-4-5-15(13-18)11-12-28/h4-10,13-14,28H,11-12H2,1-3H3,(H2,24,25,29). The zero-order chi connectivity index (χ0) is 21.0. The molecule has 3 aromatic rings. The summed E-state index contributed by atoms with van der Waals surface area (Å²) in [5, 5.41) is 20.2. The van der Waals surface area contributed by atoms with Crippen LogP contribution in [0.2, 0.25) is 5.02 Å². The van der Waals surface area contributed by atoms with E-state index in [2.05, 4.69) is 31.4 Å². The molecule has 6 nitrogen and oxygen atoms in total. The molecule has 0 spiro atoms. The minimum atomic E-state index is -0.375. The molecule has 152 valence electrons. The fourth-order valence-corrected chi connectivity index (χ4v) is 2.94. The first kappa shape index (κ1) is 20.9. The maximum Gasteiger partial charge on any atom is 0.324 e.